The molecule has 0 aliphatic carbocycles. The smallest absolute Gasteiger partial charge is 0.255 e. The maximum absolute atomic E-state index is 12.4. The van der Waals surface area contributed by atoms with Gasteiger partial charge in [-0.25, -0.2) is 4.98 Å². The molecule has 2 heterocycles. The van der Waals surface area contributed by atoms with Crippen LogP contribution in [0.1, 0.15) is 40.5 Å². The molecule has 1 unspecified atom stereocenters. The molecule has 3 rings (SSSR count). The highest BCUT2D eigenvalue weighted by molar-refractivity contribution is 8.00. The number of rotatable bonds is 5. The van der Waals surface area contributed by atoms with E-state index in [1.807, 2.05) is 48.2 Å². The lowest BCUT2D eigenvalue weighted by molar-refractivity contribution is 0.0792. The minimum atomic E-state index is -0.222. The van der Waals surface area contributed by atoms with E-state index in [0.29, 0.717) is 11.1 Å². The number of likely N-dealkylation sites (tertiary alicyclic amines) is 1. The van der Waals surface area contributed by atoms with E-state index in [1.54, 1.807) is 12.3 Å². The number of nitrogens with zero attached hydrogens (tertiary/aromatic N) is 2. The number of carbonyl (C=O) groups is 2. The van der Waals surface area contributed by atoms with Gasteiger partial charge in [0.05, 0.1) is 15.8 Å². The van der Waals surface area contributed by atoms with Gasteiger partial charge in [-0.15, -0.1) is 0 Å². The van der Waals surface area contributed by atoms with Crippen LogP contribution in [0.2, 0.25) is 0 Å². The molecule has 1 aromatic carbocycles. The Morgan fingerprint density at radius 2 is 1.75 bits per heavy atom. The van der Waals surface area contributed by atoms with Gasteiger partial charge >= 0.3 is 0 Å². The first kappa shape index (κ1) is 16.7. The first-order valence-electron chi connectivity index (χ1n) is 8.16. The van der Waals surface area contributed by atoms with Crippen molar-refractivity contribution in [2.75, 3.05) is 13.1 Å². The predicted octanol–water partition coefficient (Wildman–Crippen LogP) is 3.68. The second-order valence-corrected chi connectivity index (χ2v) is 7.24. The Balaban J connectivity index is 1.63. The van der Waals surface area contributed by atoms with Crippen LogP contribution >= 0.6 is 11.8 Å². The number of hydrogen-bond donors (Lipinski definition) is 0. The lowest BCUT2D eigenvalue weighted by Crippen LogP contribution is -2.27. The molecule has 2 aromatic rings. The molecule has 24 heavy (non-hydrogen) atoms. The first-order chi connectivity index (χ1) is 11.6. The van der Waals surface area contributed by atoms with Crippen molar-refractivity contribution in [3.63, 3.8) is 0 Å². The van der Waals surface area contributed by atoms with Crippen molar-refractivity contribution in [2.24, 2.45) is 0 Å². The van der Waals surface area contributed by atoms with E-state index >= 15 is 0 Å². The van der Waals surface area contributed by atoms with Crippen LogP contribution in [0.3, 0.4) is 0 Å². The molecule has 0 saturated carbocycles. The molecular weight excluding hydrogens is 320 g/mol. The third-order valence-corrected chi connectivity index (χ3v) is 5.15. The lowest BCUT2D eigenvalue weighted by atomic mass is 10.1. The van der Waals surface area contributed by atoms with Crippen molar-refractivity contribution >= 4 is 23.5 Å². The summed E-state index contributed by atoms with van der Waals surface area (Å²) in [6.45, 7) is 3.54. The summed E-state index contributed by atoms with van der Waals surface area (Å²) in [5.41, 5.74) is 1.32. The summed E-state index contributed by atoms with van der Waals surface area (Å²) in [4.78, 5) is 30.9. The van der Waals surface area contributed by atoms with Crippen LogP contribution in [0.4, 0.5) is 0 Å². The van der Waals surface area contributed by atoms with Gasteiger partial charge in [-0.05, 0) is 31.9 Å². The zero-order valence-electron chi connectivity index (χ0n) is 13.6. The number of Topliss-reactive ketones (excluding diaryl/α,β-unsaturated/α-hetero) is 1. The van der Waals surface area contributed by atoms with E-state index in [9.17, 15) is 9.59 Å². The molecule has 1 atom stereocenters. The van der Waals surface area contributed by atoms with Crippen LogP contribution < -0.4 is 0 Å². The van der Waals surface area contributed by atoms with E-state index in [1.165, 1.54) is 11.8 Å². The minimum Gasteiger partial charge on any atom is -0.339 e. The number of ketones is 1. The molecular formula is C19H20N2O2S. The fraction of sp³-hybridized carbons (Fsp3) is 0.316. The minimum absolute atomic E-state index is 0.0463. The summed E-state index contributed by atoms with van der Waals surface area (Å²) in [5.74, 6) is 0.129. The average Bonchev–Trinajstić information content (AvgIpc) is 3.16. The SMILES string of the molecule is CC(Sc1ccc(C(=O)N2CCCC2)cn1)C(=O)c1ccccc1. The lowest BCUT2D eigenvalue weighted by Gasteiger charge is -2.15. The molecule has 124 valence electrons. The Hall–Kier alpha value is -2.14. The van der Waals surface area contributed by atoms with Gasteiger partial charge in [-0.2, -0.15) is 0 Å². The summed E-state index contributed by atoms with van der Waals surface area (Å²) in [5, 5.41) is 0.532. The zero-order valence-corrected chi connectivity index (χ0v) is 14.5. The van der Waals surface area contributed by atoms with E-state index < -0.39 is 0 Å². The fourth-order valence-electron chi connectivity index (χ4n) is 2.75. The molecule has 0 spiro atoms. The van der Waals surface area contributed by atoms with Crippen molar-refractivity contribution < 1.29 is 9.59 Å². The van der Waals surface area contributed by atoms with Gasteiger partial charge < -0.3 is 4.90 Å². The highest BCUT2D eigenvalue weighted by atomic mass is 32.2. The van der Waals surface area contributed by atoms with Crippen LogP contribution in [-0.2, 0) is 0 Å². The number of benzene rings is 1. The van der Waals surface area contributed by atoms with Crippen molar-refractivity contribution in [3.8, 4) is 0 Å². The summed E-state index contributed by atoms with van der Waals surface area (Å²) in [7, 11) is 0. The Morgan fingerprint density at radius 1 is 1.04 bits per heavy atom. The van der Waals surface area contributed by atoms with E-state index in [0.717, 1.165) is 31.0 Å². The standard InChI is InChI=1S/C19H20N2O2S/c1-14(18(22)15-7-3-2-4-8-15)24-17-10-9-16(13-20-17)19(23)21-11-5-6-12-21/h2-4,7-10,13-14H,5-6,11-12H2,1H3. The average molecular weight is 340 g/mol. The molecule has 0 N–H and O–H groups in total. The maximum atomic E-state index is 12.4. The fourth-order valence-corrected chi connectivity index (χ4v) is 3.62. The summed E-state index contributed by atoms with van der Waals surface area (Å²) < 4.78 is 0. The highest BCUT2D eigenvalue weighted by Crippen LogP contribution is 2.24. The number of amides is 1. The molecule has 1 aliphatic heterocycles. The van der Waals surface area contributed by atoms with Gasteiger partial charge in [0, 0.05) is 24.8 Å². The predicted molar refractivity (Wildman–Crippen MR) is 95.5 cm³/mol. The zero-order chi connectivity index (χ0) is 16.9. The Kier molecular flexibility index (Phi) is 5.30. The molecule has 1 amide bonds. The second-order valence-electron chi connectivity index (χ2n) is 5.87. The van der Waals surface area contributed by atoms with Gasteiger partial charge in [-0.3, -0.25) is 9.59 Å². The van der Waals surface area contributed by atoms with Crippen molar-refractivity contribution in [2.45, 2.75) is 30.0 Å². The number of pyridine rings is 1. The molecule has 0 bridgehead atoms. The highest BCUT2D eigenvalue weighted by Gasteiger charge is 2.20. The summed E-state index contributed by atoms with van der Waals surface area (Å²) in [6, 6.07) is 12.9. The molecule has 4 nitrogen and oxygen atoms in total. The third kappa shape index (κ3) is 3.85. The number of thioether (sulfide) groups is 1. The number of carbonyl (C=O) groups excluding carboxylic acids is 2. The van der Waals surface area contributed by atoms with E-state index in [4.69, 9.17) is 0 Å². The van der Waals surface area contributed by atoms with Gasteiger partial charge in [0.1, 0.15) is 0 Å². The van der Waals surface area contributed by atoms with Gasteiger partial charge in [0.25, 0.3) is 5.91 Å². The Morgan fingerprint density at radius 3 is 2.38 bits per heavy atom. The molecule has 1 saturated heterocycles. The van der Waals surface area contributed by atoms with Crippen molar-refractivity contribution in [1.82, 2.24) is 9.88 Å². The number of hydrogen-bond acceptors (Lipinski definition) is 4. The second kappa shape index (κ2) is 7.62. The third-order valence-electron chi connectivity index (χ3n) is 4.10. The van der Waals surface area contributed by atoms with Crippen molar-refractivity contribution in [3.05, 3.63) is 59.8 Å². The summed E-state index contributed by atoms with van der Waals surface area (Å²) >= 11 is 1.41. The topological polar surface area (TPSA) is 50.3 Å². The van der Waals surface area contributed by atoms with Crippen LogP contribution in [0, 0.1) is 0 Å². The first-order valence-corrected chi connectivity index (χ1v) is 9.04. The normalized spacial score (nSPS) is 15.3. The van der Waals surface area contributed by atoms with Gasteiger partial charge in [0.15, 0.2) is 5.78 Å². The quantitative estimate of drug-likeness (QED) is 0.615. The van der Waals surface area contributed by atoms with E-state index in [2.05, 4.69) is 4.98 Å². The van der Waals surface area contributed by atoms with E-state index in [-0.39, 0.29) is 16.9 Å². The molecule has 1 aliphatic rings. The number of aromatic nitrogens is 1. The van der Waals surface area contributed by atoms with Crippen LogP contribution in [0.5, 0.6) is 0 Å². The van der Waals surface area contributed by atoms with Gasteiger partial charge in [0.2, 0.25) is 0 Å². The Labute approximate surface area is 146 Å². The maximum Gasteiger partial charge on any atom is 0.255 e. The largest absolute Gasteiger partial charge is 0.339 e. The van der Waals surface area contributed by atoms with Crippen molar-refractivity contribution in [1.29, 1.82) is 0 Å². The molecule has 5 heteroatoms. The van der Waals surface area contributed by atoms with Crippen LogP contribution in [0.25, 0.3) is 0 Å². The molecule has 1 aromatic heterocycles. The monoisotopic (exact) mass is 340 g/mol. The molecule has 0 radical (unpaired) electrons. The Bertz CT molecular complexity index is 710. The van der Waals surface area contributed by atoms with Gasteiger partial charge in [-0.1, -0.05) is 42.1 Å². The van der Waals surface area contributed by atoms with Crippen LogP contribution in [-0.4, -0.2) is 39.9 Å². The van der Waals surface area contributed by atoms with Crippen LogP contribution in [0.15, 0.2) is 53.7 Å². The molecule has 1 fully saturated rings. The summed E-state index contributed by atoms with van der Waals surface area (Å²) in [6.07, 6.45) is 3.77.